The number of sulfonamides is 1. The van der Waals surface area contributed by atoms with Gasteiger partial charge in [0.25, 0.3) is 0 Å². The summed E-state index contributed by atoms with van der Waals surface area (Å²) in [7, 11) is -3.21. The first-order chi connectivity index (χ1) is 12.2. The van der Waals surface area contributed by atoms with Gasteiger partial charge in [0.2, 0.25) is 15.9 Å². The normalized spacial score (nSPS) is 19.3. The van der Waals surface area contributed by atoms with Gasteiger partial charge in [-0.15, -0.1) is 0 Å². The number of nitrogens with zero attached hydrogens (tertiary/aromatic N) is 1. The number of carbonyl (C=O) groups is 1. The molecular formula is C18H24N2O5S. The van der Waals surface area contributed by atoms with Gasteiger partial charge >= 0.3 is 0 Å². The van der Waals surface area contributed by atoms with E-state index < -0.39 is 15.6 Å². The largest absolute Gasteiger partial charge is 0.458 e. The van der Waals surface area contributed by atoms with Crippen LogP contribution < -0.4 is 5.32 Å². The Labute approximate surface area is 153 Å². The van der Waals surface area contributed by atoms with E-state index in [1.54, 1.807) is 13.0 Å². The van der Waals surface area contributed by atoms with Crippen molar-refractivity contribution in [1.29, 1.82) is 0 Å². The van der Waals surface area contributed by atoms with Crippen LogP contribution in [0.2, 0.25) is 0 Å². The molecule has 1 amide bonds. The smallest absolute Gasteiger partial charge is 0.223 e. The first kappa shape index (κ1) is 18.9. The van der Waals surface area contributed by atoms with Crippen molar-refractivity contribution in [3.8, 4) is 0 Å². The van der Waals surface area contributed by atoms with E-state index in [2.05, 4.69) is 5.32 Å². The van der Waals surface area contributed by atoms with Crippen LogP contribution in [0.25, 0.3) is 11.0 Å². The Morgan fingerprint density at radius 3 is 2.62 bits per heavy atom. The fourth-order valence-electron chi connectivity index (χ4n) is 3.19. The summed E-state index contributed by atoms with van der Waals surface area (Å²) in [5, 5.41) is 14.3. The van der Waals surface area contributed by atoms with E-state index in [0.717, 1.165) is 5.39 Å². The lowest BCUT2D eigenvalue weighted by Crippen LogP contribution is -2.45. The average Bonchev–Trinajstić information content (AvgIpc) is 3.04. The molecule has 0 spiro atoms. The standard InChI is InChI=1S/C18H24N2O5S/c1-18(22,16-11-14-5-3-4-6-15(14)25-16)12-19-17(21)13-7-9-20(10-8-13)26(2,23)24/h3-6,11,13,22H,7-10,12H2,1-2H3,(H,19,21)/t18-/m0/s1. The monoisotopic (exact) mass is 380 g/mol. The predicted octanol–water partition coefficient (Wildman–Crippen LogP) is 1.43. The minimum absolute atomic E-state index is 0.0257. The van der Waals surface area contributed by atoms with E-state index in [9.17, 15) is 18.3 Å². The number of fused-ring (bicyclic) bond motifs is 1. The fourth-order valence-corrected chi connectivity index (χ4v) is 4.06. The molecule has 1 aliphatic rings. The van der Waals surface area contributed by atoms with Gasteiger partial charge < -0.3 is 14.8 Å². The van der Waals surface area contributed by atoms with Gasteiger partial charge in [0.1, 0.15) is 16.9 Å². The first-order valence-electron chi connectivity index (χ1n) is 8.61. The maximum atomic E-state index is 12.4. The Morgan fingerprint density at radius 1 is 1.35 bits per heavy atom. The Balaban J connectivity index is 1.58. The number of rotatable bonds is 5. The summed E-state index contributed by atoms with van der Waals surface area (Å²) in [4.78, 5) is 12.4. The highest BCUT2D eigenvalue weighted by Crippen LogP contribution is 2.28. The molecular weight excluding hydrogens is 356 g/mol. The van der Waals surface area contributed by atoms with Gasteiger partial charge in [-0.25, -0.2) is 12.7 Å². The molecule has 8 heteroatoms. The molecule has 1 fully saturated rings. The zero-order valence-electron chi connectivity index (χ0n) is 14.9. The molecule has 2 aromatic rings. The summed E-state index contributed by atoms with van der Waals surface area (Å²) < 4.78 is 30.1. The number of piperidine rings is 1. The molecule has 26 heavy (non-hydrogen) atoms. The lowest BCUT2D eigenvalue weighted by molar-refractivity contribution is -0.127. The van der Waals surface area contributed by atoms with Crippen molar-refractivity contribution in [3.05, 3.63) is 36.1 Å². The molecule has 1 aromatic carbocycles. The number of hydrogen-bond acceptors (Lipinski definition) is 5. The van der Waals surface area contributed by atoms with Gasteiger partial charge in [-0.05, 0) is 31.9 Å². The van der Waals surface area contributed by atoms with Crippen LogP contribution in [0.15, 0.2) is 34.7 Å². The summed E-state index contributed by atoms with van der Waals surface area (Å²) in [5.41, 5.74) is -0.649. The summed E-state index contributed by atoms with van der Waals surface area (Å²) >= 11 is 0. The van der Waals surface area contributed by atoms with E-state index in [4.69, 9.17) is 4.42 Å². The topological polar surface area (TPSA) is 99.9 Å². The highest BCUT2D eigenvalue weighted by atomic mass is 32.2. The molecule has 0 radical (unpaired) electrons. The molecule has 0 aliphatic carbocycles. The number of hydrogen-bond donors (Lipinski definition) is 2. The average molecular weight is 380 g/mol. The minimum atomic E-state index is -3.21. The van der Waals surface area contributed by atoms with Crippen LogP contribution in [0.5, 0.6) is 0 Å². The third kappa shape index (κ3) is 4.08. The number of furan rings is 1. The molecule has 1 aliphatic heterocycles. The van der Waals surface area contributed by atoms with Crippen molar-refractivity contribution in [1.82, 2.24) is 9.62 Å². The van der Waals surface area contributed by atoms with Crippen LogP contribution in [0.4, 0.5) is 0 Å². The SMILES string of the molecule is C[C@](O)(CNC(=O)C1CCN(S(C)(=O)=O)CC1)c1cc2ccccc2o1. The predicted molar refractivity (Wildman–Crippen MR) is 97.9 cm³/mol. The molecule has 3 rings (SSSR count). The number of aliphatic hydroxyl groups is 1. The summed E-state index contributed by atoms with van der Waals surface area (Å²) in [5.74, 6) is -0.0279. The van der Waals surface area contributed by atoms with Gasteiger partial charge in [-0.1, -0.05) is 18.2 Å². The van der Waals surface area contributed by atoms with E-state index in [-0.39, 0.29) is 18.4 Å². The third-order valence-corrected chi connectivity index (χ3v) is 6.16. The summed E-state index contributed by atoms with van der Waals surface area (Å²) in [6.07, 6.45) is 2.13. The van der Waals surface area contributed by atoms with Crippen molar-refractivity contribution in [3.63, 3.8) is 0 Å². The molecule has 0 unspecified atom stereocenters. The Kier molecular flexibility index (Phi) is 5.09. The lowest BCUT2D eigenvalue weighted by Gasteiger charge is -2.30. The van der Waals surface area contributed by atoms with Crippen molar-refractivity contribution in [2.24, 2.45) is 5.92 Å². The Hall–Kier alpha value is -1.90. The molecule has 2 heterocycles. The quantitative estimate of drug-likeness (QED) is 0.817. The lowest BCUT2D eigenvalue weighted by atomic mass is 9.96. The molecule has 1 saturated heterocycles. The first-order valence-corrected chi connectivity index (χ1v) is 10.5. The highest BCUT2D eigenvalue weighted by molar-refractivity contribution is 7.88. The van der Waals surface area contributed by atoms with Crippen molar-refractivity contribution in [2.75, 3.05) is 25.9 Å². The second-order valence-electron chi connectivity index (χ2n) is 7.08. The zero-order chi connectivity index (χ0) is 18.9. The molecule has 7 nitrogen and oxygen atoms in total. The maximum Gasteiger partial charge on any atom is 0.223 e. The van der Waals surface area contributed by atoms with Gasteiger partial charge in [-0.2, -0.15) is 0 Å². The molecule has 2 N–H and O–H groups in total. The fraction of sp³-hybridized carbons (Fsp3) is 0.500. The van der Waals surface area contributed by atoms with Gasteiger partial charge in [0.15, 0.2) is 0 Å². The minimum Gasteiger partial charge on any atom is -0.458 e. The Bertz CT molecular complexity index is 862. The van der Waals surface area contributed by atoms with E-state index >= 15 is 0 Å². The number of amides is 1. The molecule has 1 aromatic heterocycles. The van der Waals surface area contributed by atoms with Crippen molar-refractivity contribution >= 4 is 26.9 Å². The van der Waals surface area contributed by atoms with E-state index in [1.807, 2.05) is 24.3 Å². The van der Waals surface area contributed by atoms with Crippen molar-refractivity contribution in [2.45, 2.75) is 25.4 Å². The molecule has 0 bridgehead atoms. The molecule has 142 valence electrons. The van der Waals surface area contributed by atoms with Gasteiger partial charge in [-0.3, -0.25) is 4.79 Å². The maximum absolute atomic E-state index is 12.4. The van der Waals surface area contributed by atoms with E-state index in [0.29, 0.717) is 37.3 Å². The van der Waals surface area contributed by atoms with Crippen LogP contribution in [-0.4, -0.2) is 49.6 Å². The van der Waals surface area contributed by atoms with Crippen molar-refractivity contribution < 1.29 is 22.7 Å². The Morgan fingerprint density at radius 2 is 2.00 bits per heavy atom. The summed E-state index contributed by atoms with van der Waals surface area (Å²) in [6.45, 7) is 2.31. The number of nitrogens with one attached hydrogen (secondary N) is 1. The zero-order valence-corrected chi connectivity index (χ0v) is 15.8. The van der Waals surface area contributed by atoms with Crippen LogP contribution >= 0.6 is 0 Å². The molecule has 1 atom stereocenters. The van der Waals surface area contributed by atoms with Gasteiger partial charge in [0.05, 0.1) is 12.8 Å². The second kappa shape index (κ2) is 7.02. The highest BCUT2D eigenvalue weighted by Gasteiger charge is 2.32. The van der Waals surface area contributed by atoms with Crippen LogP contribution in [-0.2, 0) is 20.4 Å². The van der Waals surface area contributed by atoms with E-state index in [1.165, 1.54) is 10.6 Å². The third-order valence-electron chi connectivity index (χ3n) is 4.86. The second-order valence-corrected chi connectivity index (χ2v) is 9.06. The van der Waals surface area contributed by atoms with Crippen LogP contribution in [0.3, 0.4) is 0 Å². The van der Waals surface area contributed by atoms with Gasteiger partial charge in [0, 0.05) is 24.4 Å². The molecule has 0 saturated carbocycles. The van der Waals surface area contributed by atoms with Crippen LogP contribution in [0, 0.1) is 5.92 Å². The summed E-state index contributed by atoms with van der Waals surface area (Å²) in [6, 6.07) is 9.23. The van der Waals surface area contributed by atoms with Crippen LogP contribution in [0.1, 0.15) is 25.5 Å². The number of carbonyl (C=O) groups excluding carboxylic acids is 1. The number of para-hydroxylation sites is 1. The number of benzene rings is 1.